The van der Waals surface area contributed by atoms with E-state index in [0.717, 1.165) is 20.5 Å². The Balaban J connectivity index is 1.46. The summed E-state index contributed by atoms with van der Waals surface area (Å²) in [5.74, 6) is 0. The molecule has 0 aromatic carbocycles. The number of urea groups is 2. The topological polar surface area (TPSA) is 68.8 Å². The molecule has 0 unspecified atom stereocenters. The van der Waals surface area contributed by atoms with Crippen molar-refractivity contribution in [3.05, 3.63) is 27.4 Å². The van der Waals surface area contributed by atoms with Gasteiger partial charge in [0.25, 0.3) is 0 Å². The Kier molecular flexibility index (Phi) is 6.90. The number of carbonyl (C=O) groups is 2. The number of rotatable bonds is 5. The quantitative estimate of drug-likeness (QED) is 0.804. The largest absolute Gasteiger partial charge is 0.333 e. The minimum absolute atomic E-state index is 0.0634. The maximum atomic E-state index is 12.5. The summed E-state index contributed by atoms with van der Waals surface area (Å²) in [6.45, 7) is 10.2. The van der Waals surface area contributed by atoms with Gasteiger partial charge in [-0.3, -0.25) is 0 Å². The maximum Gasteiger partial charge on any atom is 0.320 e. The van der Waals surface area contributed by atoms with Crippen molar-refractivity contribution in [3.63, 3.8) is 0 Å². The highest BCUT2D eigenvalue weighted by atomic mass is 32.1. The monoisotopic (exact) mass is 421 g/mol. The number of thiazole rings is 1. The van der Waals surface area contributed by atoms with Crippen molar-refractivity contribution in [3.8, 4) is 10.6 Å². The molecule has 28 heavy (non-hydrogen) atoms. The fourth-order valence-electron chi connectivity index (χ4n) is 3.16. The van der Waals surface area contributed by atoms with Crippen molar-refractivity contribution in [2.75, 3.05) is 39.3 Å². The second kappa shape index (κ2) is 9.38. The van der Waals surface area contributed by atoms with E-state index in [2.05, 4.69) is 21.7 Å². The average molecular weight is 422 g/mol. The molecule has 2 aromatic rings. The molecule has 0 radical (unpaired) electrons. The summed E-state index contributed by atoms with van der Waals surface area (Å²) >= 11 is 3.29. The Labute approximate surface area is 174 Å². The van der Waals surface area contributed by atoms with Crippen LogP contribution in [0, 0.1) is 6.92 Å². The third kappa shape index (κ3) is 4.82. The number of carbonyl (C=O) groups excluding carboxylic acids is 2. The summed E-state index contributed by atoms with van der Waals surface area (Å²) in [7, 11) is 0. The van der Waals surface area contributed by atoms with Crippen LogP contribution in [0.4, 0.5) is 9.59 Å². The number of aromatic nitrogens is 1. The van der Waals surface area contributed by atoms with Crippen LogP contribution in [0.1, 0.15) is 23.7 Å². The molecular formula is C19H27N5O2S2. The van der Waals surface area contributed by atoms with Gasteiger partial charge in [-0.25, -0.2) is 14.6 Å². The standard InChI is InChI=1S/C19H27N5O2S2/c1-4-22(5-2)19(26)24-10-8-23(9-11-24)18(25)20-12-15-6-7-17(28-15)16-13-27-14(3)21-16/h6-7,13H,4-5,8-12H2,1-3H3,(H,20,25). The van der Waals surface area contributed by atoms with Crippen LogP contribution < -0.4 is 5.32 Å². The van der Waals surface area contributed by atoms with E-state index in [1.807, 2.05) is 36.6 Å². The van der Waals surface area contributed by atoms with Crippen molar-refractivity contribution in [1.29, 1.82) is 0 Å². The number of amides is 4. The number of hydrogen-bond acceptors (Lipinski definition) is 5. The van der Waals surface area contributed by atoms with Crippen molar-refractivity contribution >= 4 is 34.7 Å². The highest BCUT2D eigenvalue weighted by Gasteiger charge is 2.26. The van der Waals surface area contributed by atoms with Gasteiger partial charge in [-0.2, -0.15) is 0 Å². The Hall–Kier alpha value is -2.13. The fourth-order valence-corrected chi connectivity index (χ4v) is 4.75. The number of nitrogens with zero attached hydrogens (tertiary/aromatic N) is 4. The van der Waals surface area contributed by atoms with Crippen LogP contribution in [0.15, 0.2) is 17.5 Å². The zero-order chi connectivity index (χ0) is 20.1. The van der Waals surface area contributed by atoms with Gasteiger partial charge in [0.15, 0.2) is 0 Å². The van der Waals surface area contributed by atoms with Gasteiger partial charge < -0.3 is 20.0 Å². The third-order valence-electron chi connectivity index (χ3n) is 4.82. The molecule has 152 valence electrons. The number of nitrogens with one attached hydrogen (secondary N) is 1. The minimum atomic E-state index is -0.0746. The van der Waals surface area contributed by atoms with Crippen LogP contribution in [0.2, 0.25) is 0 Å². The molecule has 0 aliphatic carbocycles. The lowest BCUT2D eigenvalue weighted by molar-refractivity contribution is 0.121. The molecule has 1 N–H and O–H groups in total. The highest BCUT2D eigenvalue weighted by molar-refractivity contribution is 7.16. The first kappa shape index (κ1) is 20.6. The molecule has 4 amide bonds. The van der Waals surface area contributed by atoms with Gasteiger partial charge in [0.1, 0.15) is 0 Å². The molecule has 9 heteroatoms. The lowest BCUT2D eigenvalue weighted by Gasteiger charge is -2.37. The van der Waals surface area contributed by atoms with E-state index in [1.165, 1.54) is 0 Å². The molecule has 1 aliphatic heterocycles. The van der Waals surface area contributed by atoms with Crippen LogP contribution in [0.25, 0.3) is 10.6 Å². The lowest BCUT2D eigenvalue weighted by atomic mass is 10.3. The zero-order valence-electron chi connectivity index (χ0n) is 16.6. The maximum absolute atomic E-state index is 12.5. The predicted molar refractivity (Wildman–Crippen MR) is 114 cm³/mol. The third-order valence-corrected chi connectivity index (χ3v) is 6.70. The lowest BCUT2D eigenvalue weighted by Crippen LogP contribution is -2.55. The molecule has 7 nitrogen and oxygen atoms in total. The molecule has 0 saturated carbocycles. The second-order valence-electron chi connectivity index (χ2n) is 6.61. The Morgan fingerprint density at radius 2 is 1.82 bits per heavy atom. The molecule has 0 atom stereocenters. The zero-order valence-corrected chi connectivity index (χ0v) is 18.2. The number of hydrogen-bond donors (Lipinski definition) is 1. The first-order valence-electron chi connectivity index (χ1n) is 9.59. The van der Waals surface area contributed by atoms with Gasteiger partial charge >= 0.3 is 12.1 Å². The second-order valence-corrected chi connectivity index (χ2v) is 8.84. The van der Waals surface area contributed by atoms with Gasteiger partial charge in [0, 0.05) is 49.5 Å². The van der Waals surface area contributed by atoms with Gasteiger partial charge in [0.05, 0.1) is 22.1 Å². The van der Waals surface area contributed by atoms with Crippen molar-refractivity contribution in [2.24, 2.45) is 0 Å². The molecule has 3 heterocycles. The molecule has 3 rings (SSSR count). The first-order valence-corrected chi connectivity index (χ1v) is 11.3. The normalized spacial score (nSPS) is 14.2. The van der Waals surface area contributed by atoms with Crippen molar-refractivity contribution < 1.29 is 9.59 Å². The SMILES string of the molecule is CCN(CC)C(=O)N1CCN(C(=O)NCc2ccc(-c3csc(C)n3)s2)CC1. The van der Waals surface area contributed by atoms with E-state index in [9.17, 15) is 9.59 Å². The smallest absolute Gasteiger partial charge is 0.320 e. The number of piperazine rings is 1. The van der Waals surface area contributed by atoms with Gasteiger partial charge in [-0.15, -0.1) is 22.7 Å². The van der Waals surface area contributed by atoms with Gasteiger partial charge in [-0.05, 0) is 32.9 Å². The molecule has 0 bridgehead atoms. The molecule has 1 fully saturated rings. The van der Waals surface area contributed by atoms with Crippen LogP contribution >= 0.6 is 22.7 Å². The summed E-state index contributed by atoms with van der Waals surface area (Å²) < 4.78 is 0. The Morgan fingerprint density at radius 1 is 1.14 bits per heavy atom. The molecular weight excluding hydrogens is 394 g/mol. The summed E-state index contributed by atoms with van der Waals surface area (Å²) in [5, 5.41) is 6.10. The van der Waals surface area contributed by atoms with E-state index < -0.39 is 0 Å². The summed E-state index contributed by atoms with van der Waals surface area (Å²) in [4.78, 5) is 37.0. The summed E-state index contributed by atoms with van der Waals surface area (Å²) in [5.41, 5.74) is 0.999. The van der Waals surface area contributed by atoms with Crippen LogP contribution in [0.3, 0.4) is 0 Å². The molecule has 2 aromatic heterocycles. The molecule has 0 spiro atoms. The summed E-state index contributed by atoms with van der Waals surface area (Å²) in [6, 6.07) is 4.08. The Morgan fingerprint density at radius 3 is 2.43 bits per heavy atom. The predicted octanol–water partition coefficient (Wildman–Crippen LogP) is 3.47. The van der Waals surface area contributed by atoms with Crippen LogP contribution in [-0.4, -0.2) is 71.0 Å². The fraction of sp³-hybridized carbons (Fsp3) is 0.526. The van der Waals surface area contributed by atoms with Gasteiger partial charge in [-0.1, -0.05) is 0 Å². The van der Waals surface area contributed by atoms with E-state index in [1.54, 1.807) is 27.6 Å². The van der Waals surface area contributed by atoms with Gasteiger partial charge in [0.2, 0.25) is 0 Å². The van der Waals surface area contributed by atoms with Crippen LogP contribution in [0.5, 0.6) is 0 Å². The van der Waals surface area contributed by atoms with Crippen molar-refractivity contribution in [1.82, 2.24) is 25.0 Å². The molecule has 1 aliphatic rings. The minimum Gasteiger partial charge on any atom is -0.333 e. The summed E-state index contributed by atoms with van der Waals surface area (Å²) in [6.07, 6.45) is 0. The highest BCUT2D eigenvalue weighted by Crippen LogP contribution is 2.28. The number of aryl methyl sites for hydroxylation is 1. The van der Waals surface area contributed by atoms with Crippen LogP contribution in [-0.2, 0) is 6.54 Å². The molecule has 1 saturated heterocycles. The van der Waals surface area contributed by atoms with E-state index in [-0.39, 0.29) is 12.1 Å². The number of thiophene rings is 1. The van der Waals surface area contributed by atoms with Crippen molar-refractivity contribution in [2.45, 2.75) is 27.3 Å². The van der Waals surface area contributed by atoms with E-state index in [0.29, 0.717) is 45.8 Å². The average Bonchev–Trinajstić information content (AvgIpc) is 3.36. The first-order chi connectivity index (χ1) is 13.5. The Bertz CT molecular complexity index is 807. The van der Waals surface area contributed by atoms with E-state index in [4.69, 9.17) is 0 Å². The van der Waals surface area contributed by atoms with E-state index >= 15 is 0 Å².